The maximum absolute atomic E-state index is 10.9. The van der Waals surface area contributed by atoms with Crippen LogP contribution in [0.1, 0.15) is 36.8 Å². The van der Waals surface area contributed by atoms with Crippen LogP contribution in [0, 0.1) is 0 Å². The van der Waals surface area contributed by atoms with Gasteiger partial charge >= 0.3 is 0 Å². The highest BCUT2D eigenvalue weighted by atomic mass is 32.1. The molecule has 134 valence electrons. The summed E-state index contributed by atoms with van der Waals surface area (Å²) in [6.07, 6.45) is 3.31. The number of fused-ring (bicyclic) bond motifs is 1. The van der Waals surface area contributed by atoms with E-state index >= 15 is 0 Å². The summed E-state index contributed by atoms with van der Waals surface area (Å²) in [5, 5.41) is 11.8. The van der Waals surface area contributed by atoms with Gasteiger partial charge in [0.2, 0.25) is 0 Å². The second-order valence-electron chi connectivity index (χ2n) is 5.95. The lowest BCUT2D eigenvalue weighted by Crippen LogP contribution is -2.21. The number of nitrogens with zero attached hydrogens (tertiary/aromatic N) is 1. The number of ether oxygens (including phenoxy) is 1. The predicted octanol–water partition coefficient (Wildman–Crippen LogP) is 4.16. The van der Waals surface area contributed by atoms with Gasteiger partial charge in [0.25, 0.3) is 0 Å². The van der Waals surface area contributed by atoms with Gasteiger partial charge < -0.3 is 14.6 Å². The Balaban J connectivity index is 1.89. The summed E-state index contributed by atoms with van der Waals surface area (Å²) < 4.78 is 6.69. The third-order valence-electron chi connectivity index (χ3n) is 3.86. The molecule has 0 aliphatic carbocycles. The molecule has 0 saturated heterocycles. The normalized spacial score (nSPS) is 11.7. The van der Waals surface area contributed by atoms with E-state index in [1.165, 1.54) is 0 Å². The molecule has 1 aromatic heterocycles. The molecular formula is C21H20NO3S-. The smallest absolute Gasteiger partial charge is 0.120 e. The maximum Gasteiger partial charge on any atom is 0.120 e. The largest absolute Gasteiger partial charge is 0.550 e. The lowest BCUT2D eigenvalue weighted by molar-refractivity contribution is -0.305. The third-order valence-corrected chi connectivity index (χ3v) is 4.97. The van der Waals surface area contributed by atoms with E-state index in [1.54, 1.807) is 11.3 Å². The van der Waals surface area contributed by atoms with Gasteiger partial charge in [0.05, 0.1) is 16.8 Å². The fourth-order valence-electron chi connectivity index (χ4n) is 2.57. The first-order valence-corrected chi connectivity index (χ1v) is 9.46. The molecule has 0 bridgehead atoms. The van der Waals surface area contributed by atoms with Gasteiger partial charge in [-0.15, -0.1) is 11.3 Å². The standard InChI is InChI=1S/C21H21NO3S/c1-2-13-25-17-10-7-15(8-11-17)14-16(9-12-20(23)24)21-22-18-5-3-4-6-19(18)26-21/h3-8,10-11,14H,2,9,12-13H2,1H3,(H,23,24)/p-1/b16-14+. The first kappa shape index (κ1) is 18.1. The number of carbonyl (C=O) groups is 1. The average molecular weight is 366 g/mol. The van der Waals surface area contributed by atoms with E-state index in [2.05, 4.69) is 11.9 Å². The van der Waals surface area contributed by atoms with Crippen molar-refractivity contribution in [1.29, 1.82) is 0 Å². The van der Waals surface area contributed by atoms with Crippen molar-refractivity contribution in [3.05, 3.63) is 59.1 Å². The summed E-state index contributed by atoms with van der Waals surface area (Å²) in [5.74, 6) is -0.222. The maximum atomic E-state index is 10.9. The molecule has 0 saturated carbocycles. The number of aromatic nitrogens is 1. The number of carbonyl (C=O) groups excluding carboxylic acids is 1. The molecule has 5 heteroatoms. The zero-order valence-electron chi connectivity index (χ0n) is 14.6. The SMILES string of the molecule is CCCOc1ccc(/C=C(\CCC(=O)[O-])c2nc3ccccc3s2)cc1. The van der Waals surface area contributed by atoms with E-state index in [1.807, 2.05) is 54.6 Å². The number of thiazole rings is 1. The number of carboxylic acid groups (broad SMARTS) is 1. The Bertz CT molecular complexity index is 879. The fourth-order valence-corrected chi connectivity index (χ4v) is 3.58. The topological polar surface area (TPSA) is 62.2 Å². The van der Waals surface area contributed by atoms with Crippen LogP contribution in [-0.2, 0) is 4.79 Å². The second-order valence-corrected chi connectivity index (χ2v) is 6.98. The van der Waals surface area contributed by atoms with E-state index in [-0.39, 0.29) is 6.42 Å². The van der Waals surface area contributed by atoms with E-state index < -0.39 is 5.97 Å². The first-order valence-electron chi connectivity index (χ1n) is 8.65. The number of hydrogen-bond donors (Lipinski definition) is 0. The van der Waals surface area contributed by atoms with Gasteiger partial charge in [0.1, 0.15) is 10.8 Å². The molecule has 0 N–H and O–H groups in total. The van der Waals surface area contributed by atoms with Crippen LogP contribution >= 0.6 is 11.3 Å². The second kappa shape index (κ2) is 8.63. The van der Waals surface area contributed by atoms with Crippen LogP contribution in [0.5, 0.6) is 5.75 Å². The molecule has 0 atom stereocenters. The Morgan fingerprint density at radius 1 is 1.15 bits per heavy atom. The number of rotatable bonds is 8. The summed E-state index contributed by atoms with van der Waals surface area (Å²) >= 11 is 1.57. The molecule has 3 aromatic rings. The molecule has 1 heterocycles. The van der Waals surface area contributed by atoms with Gasteiger partial charge in [0, 0.05) is 5.97 Å². The van der Waals surface area contributed by atoms with Crippen LogP contribution in [0.3, 0.4) is 0 Å². The van der Waals surface area contributed by atoms with Gasteiger partial charge in [-0.1, -0.05) is 31.2 Å². The van der Waals surface area contributed by atoms with Crippen molar-refractivity contribution in [2.45, 2.75) is 26.2 Å². The van der Waals surface area contributed by atoms with E-state index in [0.717, 1.165) is 38.5 Å². The highest BCUT2D eigenvalue weighted by Crippen LogP contribution is 2.31. The molecule has 0 spiro atoms. The third kappa shape index (κ3) is 4.70. The van der Waals surface area contributed by atoms with Gasteiger partial charge in [-0.3, -0.25) is 0 Å². The number of benzene rings is 2. The Labute approximate surface area is 156 Å². The van der Waals surface area contributed by atoms with Crippen molar-refractivity contribution in [3.63, 3.8) is 0 Å². The van der Waals surface area contributed by atoms with Crippen molar-refractivity contribution in [2.24, 2.45) is 0 Å². The molecular weight excluding hydrogens is 346 g/mol. The Kier molecular flexibility index (Phi) is 6.02. The van der Waals surface area contributed by atoms with Crippen molar-refractivity contribution >= 4 is 39.2 Å². The molecule has 2 aromatic carbocycles. The molecule has 0 fully saturated rings. The lowest BCUT2D eigenvalue weighted by atomic mass is 10.1. The predicted molar refractivity (Wildman–Crippen MR) is 104 cm³/mol. The summed E-state index contributed by atoms with van der Waals surface area (Å²) in [6, 6.07) is 15.7. The van der Waals surface area contributed by atoms with Crippen LogP contribution in [0.25, 0.3) is 21.9 Å². The van der Waals surface area contributed by atoms with Crippen LogP contribution in [0.2, 0.25) is 0 Å². The summed E-state index contributed by atoms with van der Waals surface area (Å²) in [7, 11) is 0. The van der Waals surface area contributed by atoms with Crippen molar-refractivity contribution < 1.29 is 14.6 Å². The Hall–Kier alpha value is -2.66. The zero-order valence-corrected chi connectivity index (χ0v) is 15.4. The van der Waals surface area contributed by atoms with Crippen molar-refractivity contribution in [2.75, 3.05) is 6.61 Å². The van der Waals surface area contributed by atoms with Crippen LogP contribution in [0.4, 0.5) is 0 Å². The Morgan fingerprint density at radius 2 is 1.92 bits per heavy atom. The first-order chi connectivity index (χ1) is 12.7. The summed E-state index contributed by atoms with van der Waals surface area (Å²) in [6.45, 7) is 2.76. The van der Waals surface area contributed by atoms with Crippen LogP contribution in [0.15, 0.2) is 48.5 Å². The summed E-state index contributed by atoms with van der Waals surface area (Å²) in [4.78, 5) is 15.6. The Morgan fingerprint density at radius 3 is 2.62 bits per heavy atom. The molecule has 0 amide bonds. The van der Waals surface area contributed by atoms with Gasteiger partial charge in [0.15, 0.2) is 0 Å². The molecule has 4 nitrogen and oxygen atoms in total. The minimum Gasteiger partial charge on any atom is -0.550 e. The van der Waals surface area contributed by atoms with Crippen LogP contribution < -0.4 is 9.84 Å². The van der Waals surface area contributed by atoms with Crippen molar-refractivity contribution in [3.8, 4) is 5.75 Å². The zero-order chi connectivity index (χ0) is 18.4. The number of carboxylic acids is 1. The fraction of sp³-hybridized carbons (Fsp3) is 0.238. The summed E-state index contributed by atoms with van der Waals surface area (Å²) in [5.41, 5.74) is 2.81. The van der Waals surface area contributed by atoms with Crippen molar-refractivity contribution in [1.82, 2.24) is 4.98 Å². The quantitative estimate of drug-likeness (QED) is 0.601. The number of hydrogen-bond acceptors (Lipinski definition) is 5. The van der Waals surface area contributed by atoms with Gasteiger partial charge in [-0.2, -0.15) is 0 Å². The molecule has 0 radical (unpaired) electrons. The molecule has 0 aliphatic heterocycles. The highest BCUT2D eigenvalue weighted by molar-refractivity contribution is 7.19. The average Bonchev–Trinajstić information content (AvgIpc) is 3.08. The molecule has 3 rings (SSSR count). The molecule has 26 heavy (non-hydrogen) atoms. The van der Waals surface area contributed by atoms with E-state index in [9.17, 15) is 9.90 Å². The lowest BCUT2D eigenvalue weighted by Gasteiger charge is -2.07. The number of allylic oxidation sites excluding steroid dienone is 1. The van der Waals surface area contributed by atoms with E-state index in [4.69, 9.17) is 4.74 Å². The molecule has 0 unspecified atom stereocenters. The monoisotopic (exact) mass is 366 g/mol. The molecule has 0 aliphatic rings. The minimum absolute atomic E-state index is 0.0283. The van der Waals surface area contributed by atoms with Crippen LogP contribution in [-0.4, -0.2) is 17.6 Å². The number of aliphatic carboxylic acids is 1. The minimum atomic E-state index is -1.06. The van der Waals surface area contributed by atoms with E-state index in [0.29, 0.717) is 13.0 Å². The highest BCUT2D eigenvalue weighted by Gasteiger charge is 2.09. The number of para-hydroxylation sites is 1. The van der Waals surface area contributed by atoms with Gasteiger partial charge in [-0.25, -0.2) is 4.98 Å². The van der Waals surface area contributed by atoms with Gasteiger partial charge in [-0.05, 0) is 60.7 Å².